The van der Waals surface area contributed by atoms with Gasteiger partial charge in [-0.2, -0.15) is 0 Å². The molecule has 0 bridgehead atoms. The molecule has 0 aromatic heterocycles. The van der Waals surface area contributed by atoms with Crippen LogP contribution in [0.4, 0.5) is 0 Å². The van der Waals surface area contributed by atoms with Crippen molar-refractivity contribution in [3.05, 3.63) is 35.4 Å². The van der Waals surface area contributed by atoms with Crippen LogP contribution in [0.2, 0.25) is 0 Å². The third kappa shape index (κ3) is 3.75. The standard InChI is InChI=1S/C14H18N2O2S/c15-13(19)9-2-1-3-10(8-9)14(18)16-11-4-6-12(17)7-5-11/h1-3,8,11-12,17H,4-7H2,(H2,15,19)(H,16,18). The van der Waals surface area contributed by atoms with E-state index in [4.69, 9.17) is 18.0 Å². The highest BCUT2D eigenvalue weighted by Crippen LogP contribution is 2.18. The Labute approximate surface area is 118 Å². The van der Waals surface area contributed by atoms with E-state index >= 15 is 0 Å². The molecule has 2 rings (SSSR count). The van der Waals surface area contributed by atoms with Crippen molar-refractivity contribution in [3.8, 4) is 0 Å². The number of rotatable bonds is 3. The lowest BCUT2D eigenvalue weighted by Gasteiger charge is -2.26. The number of carbonyl (C=O) groups is 1. The summed E-state index contributed by atoms with van der Waals surface area (Å²) in [5, 5.41) is 12.4. The molecule has 0 radical (unpaired) electrons. The summed E-state index contributed by atoms with van der Waals surface area (Å²) < 4.78 is 0. The zero-order valence-corrected chi connectivity index (χ0v) is 11.5. The van der Waals surface area contributed by atoms with Gasteiger partial charge in [0.1, 0.15) is 4.99 Å². The molecular weight excluding hydrogens is 260 g/mol. The second-order valence-electron chi connectivity index (χ2n) is 4.92. The summed E-state index contributed by atoms with van der Waals surface area (Å²) in [7, 11) is 0. The van der Waals surface area contributed by atoms with E-state index in [-0.39, 0.29) is 23.0 Å². The Morgan fingerprint density at radius 1 is 1.26 bits per heavy atom. The van der Waals surface area contributed by atoms with Crippen molar-refractivity contribution in [2.24, 2.45) is 5.73 Å². The minimum atomic E-state index is -0.217. The highest BCUT2D eigenvalue weighted by Gasteiger charge is 2.21. The van der Waals surface area contributed by atoms with Gasteiger partial charge in [-0.3, -0.25) is 4.79 Å². The lowest BCUT2D eigenvalue weighted by Crippen LogP contribution is -2.38. The molecule has 1 aliphatic rings. The van der Waals surface area contributed by atoms with Crippen LogP contribution >= 0.6 is 12.2 Å². The van der Waals surface area contributed by atoms with Crippen molar-refractivity contribution in [2.45, 2.75) is 37.8 Å². The Morgan fingerprint density at radius 2 is 1.89 bits per heavy atom. The van der Waals surface area contributed by atoms with E-state index < -0.39 is 0 Å². The zero-order valence-electron chi connectivity index (χ0n) is 10.6. The Kier molecular flexibility index (Phi) is 4.50. The van der Waals surface area contributed by atoms with Gasteiger partial charge in [0.2, 0.25) is 0 Å². The van der Waals surface area contributed by atoms with Crippen LogP contribution in [0.25, 0.3) is 0 Å². The van der Waals surface area contributed by atoms with E-state index in [1.807, 2.05) is 0 Å². The molecule has 0 atom stereocenters. The number of hydrogen-bond acceptors (Lipinski definition) is 3. The number of nitrogens with one attached hydrogen (secondary N) is 1. The summed E-state index contributed by atoms with van der Waals surface area (Å²) >= 11 is 4.90. The van der Waals surface area contributed by atoms with Crippen LogP contribution in [-0.4, -0.2) is 28.1 Å². The predicted molar refractivity (Wildman–Crippen MR) is 78.1 cm³/mol. The molecule has 1 fully saturated rings. The molecule has 0 saturated heterocycles. The number of amides is 1. The number of aliphatic hydroxyl groups excluding tert-OH is 1. The second kappa shape index (κ2) is 6.12. The summed E-state index contributed by atoms with van der Waals surface area (Å²) in [6.45, 7) is 0. The van der Waals surface area contributed by atoms with Crippen molar-refractivity contribution in [3.63, 3.8) is 0 Å². The fourth-order valence-electron chi connectivity index (χ4n) is 2.30. The van der Waals surface area contributed by atoms with Gasteiger partial charge in [-0.25, -0.2) is 0 Å². The largest absolute Gasteiger partial charge is 0.393 e. The first-order chi connectivity index (χ1) is 9.06. The summed E-state index contributed by atoms with van der Waals surface area (Å²) in [6, 6.07) is 7.15. The molecule has 4 N–H and O–H groups in total. The number of nitrogens with two attached hydrogens (primary N) is 1. The Morgan fingerprint density at radius 3 is 2.53 bits per heavy atom. The van der Waals surface area contributed by atoms with E-state index in [9.17, 15) is 9.90 Å². The Hall–Kier alpha value is -1.46. The molecule has 1 aromatic carbocycles. The molecule has 1 amide bonds. The maximum atomic E-state index is 12.1. The lowest BCUT2D eigenvalue weighted by atomic mass is 9.93. The molecule has 5 heteroatoms. The van der Waals surface area contributed by atoms with Gasteiger partial charge in [-0.05, 0) is 37.8 Å². The summed E-state index contributed by atoms with van der Waals surface area (Å²) in [6.07, 6.45) is 2.92. The first-order valence-electron chi connectivity index (χ1n) is 6.45. The molecule has 102 valence electrons. The Balaban J connectivity index is 2.00. The fourth-order valence-corrected chi connectivity index (χ4v) is 2.43. The zero-order chi connectivity index (χ0) is 13.8. The maximum absolute atomic E-state index is 12.1. The third-order valence-corrected chi connectivity index (χ3v) is 3.68. The van der Waals surface area contributed by atoms with E-state index in [1.54, 1.807) is 24.3 Å². The summed E-state index contributed by atoms with van der Waals surface area (Å²) in [5.74, 6) is -0.112. The van der Waals surface area contributed by atoms with Crippen molar-refractivity contribution in [1.82, 2.24) is 5.32 Å². The number of aliphatic hydroxyl groups is 1. The van der Waals surface area contributed by atoms with E-state index in [0.29, 0.717) is 11.1 Å². The number of benzene rings is 1. The molecule has 1 aliphatic carbocycles. The van der Waals surface area contributed by atoms with Crippen molar-refractivity contribution in [1.29, 1.82) is 0 Å². The van der Waals surface area contributed by atoms with Crippen molar-refractivity contribution >= 4 is 23.1 Å². The van der Waals surface area contributed by atoms with Crippen molar-refractivity contribution in [2.75, 3.05) is 0 Å². The number of hydrogen-bond donors (Lipinski definition) is 3. The second-order valence-corrected chi connectivity index (χ2v) is 5.36. The van der Waals surface area contributed by atoms with Gasteiger partial charge < -0.3 is 16.2 Å². The summed E-state index contributed by atoms with van der Waals surface area (Å²) in [4.78, 5) is 12.4. The molecule has 0 aliphatic heterocycles. The van der Waals surface area contributed by atoms with Gasteiger partial charge in [0.25, 0.3) is 5.91 Å². The molecule has 0 heterocycles. The van der Waals surface area contributed by atoms with Crippen LogP contribution in [-0.2, 0) is 0 Å². The normalized spacial score (nSPS) is 22.8. The van der Waals surface area contributed by atoms with Crippen LogP contribution < -0.4 is 11.1 Å². The van der Waals surface area contributed by atoms with Gasteiger partial charge in [0, 0.05) is 17.2 Å². The van der Waals surface area contributed by atoms with Crippen LogP contribution in [0.5, 0.6) is 0 Å². The molecule has 0 unspecified atom stereocenters. The molecule has 1 aromatic rings. The molecule has 19 heavy (non-hydrogen) atoms. The topological polar surface area (TPSA) is 75.4 Å². The van der Waals surface area contributed by atoms with E-state index in [2.05, 4.69) is 5.32 Å². The first-order valence-corrected chi connectivity index (χ1v) is 6.86. The SMILES string of the molecule is NC(=S)c1cccc(C(=O)NC2CCC(O)CC2)c1. The van der Waals surface area contributed by atoms with Crippen LogP contribution in [0.3, 0.4) is 0 Å². The van der Waals surface area contributed by atoms with Crippen LogP contribution in [0.1, 0.15) is 41.6 Å². The van der Waals surface area contributed by atoms with Gasteiger partial charge in [-0.15, -0.1) is 0 Å². The average molecular weight is 278 g/mol. The quantitative estimate of drug-likeness (QED) is 0.730. The molecular formula is C14H18N2O2S. The predicted octanol–water partition coefficient (Wildman–Crippen LogP) is 1.35. The van der Waals surface area contributed by atoms with E-state index in [0.717, 1.165) is 25.7 Å². The highest BCUT2D eigenvalue weighted by atomic mass is 32.1. The minimum Gasteiger partial charge on any atom is -0.393 e. The smallest absolute Gasteiger partial charge is 0.251 e. The number of thiocarbonyl (C=S) groups is 1. The lowest BCUT2D eigenvalue weighted by molar-refractivity contribution is 0.0867. The monoisotopic (exact) mass is 278 g/mol. The van der Waals surface area contributed by atoms with Gasteiger partial charge in [-0.1, -0.05) is 24.4 Å². The van der Waals surface area contributed by atoms with E-state index in [1.165, 1.54) is 0 Å². The van der Waals surface area contributed by atoms with Gasteiger partial charge >= 0.3 is 0 Å². The third-order valence-electron chi connectivity index (χ3n) is 3.44. The molecule has 0 spiro atoms. The fraction of sp³-hybridized carbons (Fsp3) is 0.429. The molecule has 4 nitrogen and oxygen atoms in total. The Bertz CT molecular complexity index is 482. The first kappa shape index (κ1) is 14.0. The average Bonchev–Trinajstić information content (AvgIpc) is 2.41. The molecule has 1 saturated carbocycles. The minimum absolute atomic E-state index is 0.112. The van der Waals surface area contributed by atoms with Gasteiger partial charge in [0.05, 0.1) is 6.10 Å². The number of carbonyl (C=O) groups excluding carboxylic acids is 1. The summed E-state index contributed by atoms with van der Waals surface area (Å²) in [5.41, 5.74) is 6.82. The van der Waals surface area contributed by atoms with Crippen LogP contribution in [0, 0.1) is 0 Å². The highest BCUT2D eigenvalue weighted by molar-refractivity contribution is 7.80. The maximum Gasteiger partial charge on any atom is 0.251 e. The van der Waals surface area contributed by atoms with Crippen LogP contribution in [0.15, 0.2) is 24.3 Å². The van der Waals surface area contributed by atoms with Gasteiger partial charge in [0.15, 0.2) is 0 Å². The van der Waals surface area contributed by atoms with Crippen molar-refractivity contribution < 1.29 is 9.90 Å².